The lowest BCUT2D eigenvalue weighted by atomic mass is 10.1. The van der Waals surface area contributed by atoms with Crippen LogP contribution in [0.25, 0.3) is 0 Å². The van der Waals surface area contributed by atoms with E-state index >= 15 is 0 Å². The molecule has 94 valence electrons. The number of aromatic hydroxyl groups is 1. The third kappa shape index (κ3) is 2.81. The van der Waals surface area contributed by atoms with Crippen LogP contribution in [0, 0.1) is 6.92 Å². The molecule has 0 heterocycles. The summed E-state index contributed by atoms with van der Waals surface area (Å²) in [6.45, 7) is 2.53. The number of aliphatic hydroxyl groups is 1. The van der Waals surface area contributed by atoms with E-state index < -0.39 is 0 Å². The van der Waals surface area contributed by atoms with Gasteiger partial charge in [-0.1, -0.05) is 35.9 Å². The van der Waals surface area contributed by atoms with Crippen molar-refractivity contribution in [2.75, 3.05) is 5.32 Å². The molecule has 3 nitrogen and oxygen atoms in total. The van der Waals surface area contributed by atoms with Gasteiger partial charge in [-0.05, 0) is 19.1 Å². The Morgan fingerprint density at radius 1 is 1.06 bits per heavy atom. The maximum absolute atomic E-state index is 9.67. The summed E-state index contributed by atoms with van der Waals surface area (Å²) in [6, 6.07) is 13.1. The zero-order chi connectivity index (χ0) is 13.0. The maximum atomic E-state index is 9.67. The molecule has 18 heavy (non-hydrogen) atoms. The van der Waals surface area contributed by atoms with Crippen molar-refractivity contribution < 1.29 is 10.2 Å². The second kappa shape index (κ2) is 5.56. The van der Waals surface area contributed by atoms with E-state index in [4.69, 9.17) is 0 Å². The first-order valence-corrected chi connectivity index (χ1v) is 5.92. The first kappa shape index (κ1) is 12.5. The van der Waals surface area contributed by atoms with Crippen LogP contribution in [0.1, 0.15) is 16.7 Å². The molecule has 0 saturated heterocycles. The molecule has 3 heteroatoms. The van der Waals surface area contributed by atoms with Crippen LogP contribution >= 0.6 is 0 Å². The highest BCUT2D eigenvalue weighted by Gasteiger charge is 2.03. The normalized spacial score (nSPS) is 10.3. The molecule has 2 rings (SSSR count). The Bertz CT molecular complexity index is 538. The van der Waals surface area contributed by atoms with Crippen molar-refractivity contribution in [3.8, 4) is 5.75 Å². The lowest BCUT2D eigenvalue weighted by Gasteiger charge is -2.12. The van der Waals surface area contributed by atoms with Gasteiger partial charge in [-0.2, -0.15) is 0 Å². The summed E-state index contributed by atoms with van der Waals surface area (Å²) in [6.07, 6.45) is 0. The Balaban J connectivity index is 2.13. The Labute approximate surface area is 107 Å². The lowest BCUT2D eigenvalue weighted by Crippen LogP contribution is -2.03. The van der Waals surface area contributed by atoms with Gasteiger partial charge in [0.05, 0.1) is 6.61 Å². The standard InChI is InChI=1S/C15H17NO2/c1-11-6-7-14(13(8-11)10-17)16-9-12-4-2-3-5-15(12)18/h2-8,16-18H,9-10H2,1H3. The number of hydrogen-bond acceptors (Lipinski definition) is 3. The molecule has 0 atom stereocenters. The summed E-state index contributed by atoms with van der Waals surface area (Å²) in [7, 11) is 0. The first-order valence-electron chi connectivity index (χ1n) is 5.92. The molecule has 0 fully saturated rings. The highest BCUT2D eigenvalue weighted by Crippen LogP contribution is 2.21. The van der Waals surface area contributed by atoms with Crippen LogP contribution < -0.4 is 5.32 Å². The van der Waals surface area contributed by atoms with Crippen molar-refractivity contribution in [2.24, 2.45) is 0 Å². The van der Waals surface area contributed by atoms with Crippen LogP contribution in [0.3, 0.4) is 0 Å². The lowest BCUT2D eigenvalue weighted by molar-refractivity contribution is 0.282. The quantitative estimate of drug-likeness (QED) is 0.774. The minimum absolute atomic E-state index is 0.00475. The molecule has 0 aliphatic rings. The average molecular weight is 243 g/mol. The van der Waals surface area contributed by atoms with Crippen LogP contribution in [0.2, 0.25) is 0 Å². The fourth-order valence-corrected chi connectivity index (χ4v) is 1.88. The number of phenols is 1. The second-order valence-electron chi connectivity index (χ2n) is 4.30. The molecular formula is C15H17NO2. The Kier molecular flexibility index (Phi) is 3.85. The van der Waals surface area contributed by atoms with Crippen molar-refractivity contribution in [1.29, 1.82) is 0 Å². The molecule has 0 aromatic heterocycles. The number of anilines is 1. The van der Waals surface area contributed by atoms with E-state index in [0.717, 1.165) is 22.4 Å². The van der Waals surface area contributed by atoms with E-state index in [1.54, 1.807) is 12.1 Å². The van der Waals surface area contributed by atoms with Crippen LogP contribution in [0.15, 0.2) is 42.5 Å². The predicted molar refractivity (Wildman–Crippen MR) is 72.5 cm³/mol. The molecular weight excluding hydrogens is 226 g/mol. The van der Waals surface area contributed by atoms with E-state index in [-0.39, 0.29) is 12.4 Å². The third-order valence-electron chi connectivity index (χ3n) is 2.89. The minimum Gasteiger partial charge on any atom is -0.508 e. The number of phenolic OH excluding ortho intramolecular Hbond substituents is 1. The zero-order valence-electron chi connectivity index (χ0n) is 10.4. The molecule has 0 saturated carbocycles. The van der Waals surface area contributed by atoms with Gasteiger partial charge in [0, 0.05) is 23.4 Å². The van der Waals surface area contributed by atoms with Gasteiger partial charge in [-0.25, -0.2) is 0 Å². The number of nitrogens with one attached hydrogen (secondary N) is 1. The highest BCUT2D eigenvalue weighted by molar-refractivity contribution is 5.53. The van der Waals surface area contributed by atoms with Crippen molar-refractivity contribution in [3.63, 3.8) is 0 Å². The Hall–Kier alpha value is -2.00. The number of hydrogen-bond donors (Lipinski definition) is 3. The van der Waals surface area contributed by atoms with Crippen LogP contribution in [0.5, 0.6) is 5.75 Å². The monoisotopic (exact) mass is 243 g/mol. The van der Waals surface area contributed by atoms with Crippen molar-refractivity contribution in [2.45, 2.75) is 20.1 Å². The highest BCUT2D eigenvalue weighted by atomic mass is 16.3. The zero-order valence-corrected chi connectivity index (χ0v) is 10.4. The Morgan fingerprint density at radius 3 is 2.56 bits per heavy atom. The van der Waals surface area contributed by atoms with Gasteiger partial charge in [-0.3, -0.25) is 0 Å². The number of aryl methyl sites for hydroxylation is 1. The SMILES string of the molecule is Cc1ccc(NCc2ccccc2O)c(CO)c1. The maximum Gasteiger partial charge on any atom is 0.120 e. The Morgan fingerprint density at radius 2 is 1.83 bits per heavy atom. The molecule has 0 amide bonds. The number of rotatable bonds is 4. The molecule has 0 aliphatic heterocycles. The molecule has 0 aliphatic carbocycles. The minimum atomic E-state index is 0.00475. The van der Waals surface area contributed by atoms with Crippen molar-refractivity contribution >= 4 is 5.69 Å². The fourth-order valence-electron chi connectivity index (χ4n) is 1.88. The van der Waals surface area contributed by atoms with E-state index in [0.29, 0.717) is 6.54 Å². The summed E-state index contributed by atoms with van der Waals surface area (Å²) in [4.78, 5) is 0. The van der Waals surface area contributed by atoms with Crippen LogP contribution in [0.4, 0.5) is 5.69 Å². The molecule has 0 radical (unpaired) electrons. The summed E-state index contributed by atoms with van der Waals surface area (Å²) in [5.41, 5.74) is 3.71. The molecule has 0 spiro atoms. The van der Waals surface area contributed by atoms with Gasteiger partial charge in [0.1, 0.15) is 5.75 Å². The topological polar surface area (TPSA) is 52.5 Å². The van der Waals surface area contributed by atoms with E-state index in [1.807, 2.05) is 37.3 Å². The summed E-state index contributed by atoms with van der Waals surface area (Å²) in [5.74, 6) is 0.280. The number of benzene rings is 2. The van der Waals surface area contributed by atoms with E-state index in [2.05, 4.69) is 5.32 Å². The predicted octanol–water partition coefficient (Wildman–Crippen LogP) is 2.81. The average Bonchev–Trinajstić information content (AvgIpc) is 2.39. The smallest absolute Gasteiger partial charge is 0.120 e. The van der Waals surface area contributed by atoms with Crippen molar-refractivity contribution in [1.82, 2.24) is 0 Å². The first-order chi connectivity index (χ1) is 8.70. The van der Waals surface area contributed by atoms with Crippen LogP contribution in [-0.2, 0) is 13.2 Å². The summed E-state index contributed by atoms with van der Waals surface area (Å²) >= 11 is 0. The van der Waals surface area contributed by atoms with Gasteiger partial charge >= 0.3 is 0 Å². The van der Waals surface area contributed by atoms with Gasteiger partial charge in [0.2, 0.25) is 0 Å². The third-order valence-corrected chi connectivity index (χ3v) is 2.89. The van der Waals surface area contributed by atoms with E-state index in [1.165, 1.54) is 0 Å². The number of aliphatic hydroxyl groups excluding tert-OH is 1. The number of para-hydroxylation sites is 1. The van der Waals surface area contributed by atoms with Gasteiger partial charge < -0.3 is 15.5 Å². The largest absolute Gasteiger partial charge is 0.508 e. The van der Waals surface area contributed by atoms with Gasteiger partial charge in [0.25, 0.3) is 0 Å². The molecule has 2 aromatic rings. The molecule has 3 N–H and O–H groups in total. The van der Waals surface area contributed by atoms with E-state index in [9.17, 15) is 10.2 Å². The fraction of sp³-hybridized carbons (Fsp3) is 0.200. The van der Waals surface area contributed by atoms with Gasteiger partial charge in [-0.15, -0.1) is 0 Å². The molecule has 0 unspecified atom stereocenters. The van der Waals surface area contributed by atoms with Crippen LogP contribution in [-0.4, -0.2) is 10.2 Å². The molecule has 2 aromatic carbocycles. The van der Waals surface area contributed by atoms with Gasteiger partial charge in [0.15, 0.2) is 0 Å². The van der Waals surface area contributed by atoms with Crippen molar-refractivity contribution in [3.05, 3.63) is 59.2 Å². The summed E-state index contributed by atoms with van der Waals surface area (Å²) < 4.78 is 0. The summed E-state index contributed by atoms with van der Waals surface area (Å²) in [5, 5.41) is 22.2. The molecule has 0 bridgehead atoms. The second-order valence-corrected chi connectivity index (χ2v) is 4.30.